The first-order chi connectivity index (χ1) is 24.5. The Morgan fingerprint density at radius 2 is 1.43 bits per heavy atom. The number of carbonyl (C=O) groups excluding carboxylic acids is 2. The highest BCUT2D eigenvalue weighted by atomic mass is 35.5. The number of ether oxygens (including phenoxy) is 6. The summed E-state index contributed by atoms with van der Waals surface area (Å²) in [5.74, 6) is 4.11. The first-order valence-corrected chi connectivity index (χ1v) is 16.5. The van der Waals surface area contributed by atoms with Gasteiger partial charge in [0.2, 0.25) is 0 Å². The van der Waals surface area contributed by atoms with Gasteiger partial charge in [-0.05, 0) is 6.92 Å². The predicted molar refractivity (Wildman–Crippen MR) is 184 cm³/mol. The number of aromatic nitrogens is 8. The molecule has 0 spiro atoms. The third-order valence-electron chi connectivity index (χ3n) is 7.97. The first-order valence-electron chi connectivity index (χ1n) is 15.8. The van der Waals surface area contributed by atoms with E-state index in [0.717, 1.165) is 0 Å². The Morgan fingerprint density at radius 3 is 2.04 bits per heavy atom. The maximum absolute atomic E-state index is 11.5. The fourth-order valence-corrected chi connectivity index (χ4v) is 5.87. The van der Waals surface area contributed by atoms with Crippen LogP contribution in [0, 0.1) is 36.5 Å². The number of carbonyl (C=O) groups is 2. The Labute approximate surface area is 304 Å². The molecule has 4 aromatic heterocycles. The van der Waals surface area contributed by atoms with E-state index in [1.807, 2.05) is 20.8 Å². The van der Waals surface area contributed by atoms with Crippen LogP contribution in [0.3, 0.4) is 0 Å². The molecule has 6 heterocycles. The van der Waals surface area contributed by atoms with Crippen molar-refractivity contribution >= 4 is 57.5 Å². The second kappa shape index (κ2) is 18.7. The quantitative estimate of drug-likeness (QED) is 0.113. The van der Waals surface area contributed by atoms with Crippen molar-refractivity contribution in [3.63, 3.8) is 0 Å². The van der Waals surface area contributed by atoms with E-state index < -0.39 is 18.4 Å². The van der Waals surface area contributed by atoms with Crippen LogP contribution < -0.4 is 0 Å². The van der Waals surface area contributed by atoms with Gasteiger partial charge in [-0.1, -0.05) is 48.9 Å². The number of fused-ring (bicyclic) bond motifs is 2. The van der Waals surface area contributed by atoms with Crippen molar-refractivity contribution in [3.8, 4) is 24.7 Å². The minimum absolute atomic E-state index is 0.0591. The topological polar surface area (TPSA) is 188 Å². The lowest BCUT2D eigenvalue weighted by Gasteiger charge is -2.20. The first kappa shape index (κ1) is 39.4. The molecule has 16 nitrogen and oxygen atoms in total. The van der Waals surface area contributed by atoms with E-state index in [4.69, 9.17) is 64.5 Å². The van der Waals surface area contributed by atoms with Gasteiger partial charge in [0.25, 0.3) is 0 Å². The molecule has 2 fully saturated rings. The van der Waals surface area contributed by atoms with Crippen molar-refractivity contribution in [3.05, 3.63) is 35.6 Å². The third-order valence-corrected chi connectivity index (χ3v) is 8.53. The molecule has 4 aromatic rings. The molecule has 2 aliphatic heterocycles. The summed E-state index contributed by atoms with van der Waals surface area (Å²) in [6.07, 6.45) is 14.4. The highest BCUT2D eigenvalue weighted by molar-refractivity contribution is 6.33. The molecule has 6 rings (SSSR count). The van der Waals surface area contributed by atoms with E-state index in [-0.39, 0.29) is 67.1 Å². The second-order valence-corrected chi connectivity index (χ2v) is 12.2. The molecule has 8 atom stereocenters. The lowest BCUT2D eigenvalue weighted by Crippen LogP contribution is -2.34. The van der Waals surface area contributed by atoms with Gasteiger partial charge >= 0.3 is 11.9 Å². The van der Waals surface area contributed by atoms with Gasteiger partial charge in [0.15, 0.2) is 21.6 Å². The zero-order chi connectivity index (χ0) is 37.1. The molecule has 2 unspecified atom stereocenters. The maximum Gasteiger partial charge on any atom is 0.303 e. The van der Waals surface area contributed by atoms with Gasteiger partial charge in [0.05, 0.1) is 32.0 Å². The molecular formula is C33H38Cl2N8O8. The number of aromatic amines is 1. The molecule has 0 aromatic carbocycles. The smallest absolute Gasteiger partial charge is 0.303 e. The molecule has 51 heavy (non-hydrogen) atoms. The van der Waals surface area contributed by atoms with E-state index in [9.17, 15) is 9.59 Å². The number of halogens is 2. The van der Waals surface area contributed by atoms with Crippen LogP contribution in [0.5, 0.6) is 0 Å². The summed E-state index contributed by atoms with van der Waals surface area (Å²) in [7, 11) is 0. The molecule has 0 amide bonds. The number of hydrogen-bond acceptors (Lipinski definition) is 14. The van der Waals surface area contributed by atoms with Crippen LogP contribution in [-0.4, -0.2) is 108 Å². The summed E-state index contributed by atoms with van der Waals surface area (Å²) in [5, 5.41) is 0.669. The van der Waals surface area contributed by atoms with E-state index >= 15 is 0 Å². The number of terminal acetylenes is 2. The zero-order valence-corrected chi connectivity index (χ0v) is 30.1. The SMILES string of the molecule is C#CCOCC1O[C@@H](C)[C@H](C)[C@@H]1OC(C)=O.C#CCOCC1O[C@@H](n2cnc3c(Cl)ncnc32)[C@H](C)[C@@H]1OC(C)=O.Clc1ncnc2nc[nH]c12. The van der Waals surface area contributed by atoms with E-state index in [1.54, 1.807) is 10.9 Å². The lowest BCUT2D eigenvalue weighted by atomic mass is 9.99. The van der Waals surface area contributed by atoms with Gasteiger partial charge in [0.1, 0.15) is 67.5 Å². The molecule has 1 N–H and O–H groups in total. The minimum Gasteiger partial charge on any atom is -0.459 e. The Balaban J connectivity index is 0.000000191. The van der Waals surface area contributed by atoms with Crippen LogP contribution in [0.1, 0.15) is 40.8 Å². The fraction of sp³-hybridized carbons (Fsp3) is 0.515. The van der Waals surface area contributed by atoms with Crippen molar-refractivity contribution in [1.82, 2.24) is 39.5 Å². The van der Waals surface area contributed by atoms with Gasteiger partial charge in [-0.3, -0.25) is 14.2 Å². The summed E-state index contributed by atoms with van der Waals surface area (Å²) in [5.41, 5.74) is 2.31. The Bertz CT molecular complexity index is 1860. The van der Waals surface area contributed by atoms with E-state index in [2.05, 4.69) is 46.7 Å². The van der Waals surface area contributed by atoms with Crippen molar-refractivity contribution in [2.45, 2.75) is 71.4 Å². The summed E-state index contributed by atoms with van der Waals surface area (Å²) in [6, 6.07) is 0. The number of rotatable bonds is 9. The Kier molecular flexibility index (Phi) is 14.4. The molecule has 0 radical (unpaired) electrons. The average Bonchev–Trinajstić information content (AvgIpc) is 3.87. The highest BCUT2D eigenvalue weighted by Gasteiger charge is 2.46. The zero-order valence-electron chi connectivity index (χ0n) is 28.6. The molecule has 18 heteroatoms. The van der Waals surface area contributed by atoms with Crippen molar-refractivity contribution in [1.29, 1.82) is 0 Å². The molecule has 2 aliphatic rings. The van der Waals surface area contributed by atoms with Crippen molar-refractivity contribution in [2.75, 3.05) is 26.4 Å². The van der Waals surface area contributed by atoms with Gasteiger partial charge in [-0.15, -0.1) is 12.8 Å². The van der Waals surface area contributed by atoms with E-state index in [0.29, 0.717) is 34.1 Å². The van der Waals surface area contributed by atoms with Gasteiger partial charge in [-0.25, -0.2) is 29.9 Å². The largest absolute Gasteiger partial charge is 0.459 e. The normalized spacial score (nSPS) is 25.2. The van der Waals surface area contributed by atoms with Crippen molar-refractivity contribution in [2.24, 2.45) is 11.8 Å². The fourth-order valence-electron chi connectivity index (χ4n) is 5.51. The molecule has 0 bridgehead atoms. The monoisotopic (exact) mass is 744 g/mol. The second-order valence-electron chi connectivity index (χ2n) is 11.5. The van der Waals surface area contributed by atoms with E-state index in [1.165, 1.54) is 32.8 Å². The minimum atomic E-state index is -0.477. The number of imidazole rings is 2. The average molecular weight is 746 g/mol. The summed E-state index contributed by atoms with van der Waals surface area (Å²) < 4.78 is 34.8. The predicted octanol–water partition coefficient (Wildman–Crippen LogP) is 3.59. The summed E-state index contributed by atoms with van der Waals surface area (Å²) in [4.78, 5) is 49.2. The van der Waals surface area contributed by atoms with Crippen LogP contribution in [0.15, 0.2) is 25.3 Å². The van der Waals surface area contributed by atoms with Gasteiger partial charge < -0.3 is 33.4 Å². The third kappa shape index (κ3) is 10.1. The van der Waals surface area contributed by atoms with Gasteiger partial charge in [0, 0.05) is 25.7 Å². The highest BCUT2D eigenvalue weighted by Crippen LogP contribution is 2.38. The number of nitrogens with zero attached hydrogens (tertiary/aromatic N) is 7. The van der Waals surface area contributed by atoms with Crippen molar-refractivity contribution < 1.29 is 38.0 Å². The lowest BCUT2D eigenvalue weighted by molar-refractivity contribution is -0.153. The number of hydrogen-bond donors (Lipinski definition) is 1. The standard InChI is InChI=1S/C16H17ClN4O4.C12H18O4.C5H3ClN4/c1-4-5-23-6-11-13(24-10(3)22)9(2)16(25-11)21-8-20-12-14(17)18-7-19-15(12)21;1-5-6-14-7-11-12(16-10(4)13)8(2)9(3)15-11;6-4-3-5(9-1-7-3)10-2-8-4/h1,7-9,11,13,16H,5-6H2,2-3H3;1,8-9,11-12H,6-7H2,2-4H3;1-2H,(H,7,8,9,10)/t9-,11?,13+,16-;8-,9-,11?,12-;/m10./s1. The number of H-pyrrole nitrogens is 1. The molecule has 0 saturated carbocycles. The van der Waals surface area contributed by atoms with Crippen LogP contribution in [0.4, 0.5) is 0 Å². The van der Waals surface area contributed by atoms with Crippen LogP contribution in [-0.2, 0) is 38.0 Å². The van der Waals surface area contributed by atoms with Crippen LogP contribution in [0.2, 0.25) is 10.3 Å². The molecule has 0 aliphatic carbocycles. The Hall–Kier alpha value is -4.42. The number of nitrogens with one attached hydrogen (secondary N) is 1. The molecule has 272 valence electrons. The molecular weight excluding hydrogens is 707 g/mol. The summed E-state index contributed by atoms with van der Waals surface area (Å²) in [6.45, 7) is 9.62. The molecule has 2 saturated heterocycles. The maximum atomic E-state index is 11.5. The van der Waals surface area contributed by atoms with Gasteiger partial charge in [-0.2, -0.15) is 0 Å². The van der Waals surface area contributed by atoms with Crippen LogP contribution in [0.25, 0.3) is 22.3 Å². The van der Waals surface area contributed by atoms with Crippen LogP contribution >= 0.6 is 23.2 Å². The summed E-state index contributed by atoms with van der Waals surface area (Å²) >= 11 is 11.7. The Morgan fingerprint density at radius 1 is 0.843 bits per heavy atom. The number of esters is 2.